The monoisotopic (exact) mass is 276 g/mol. The molecule has 0 saturated heterocycles. The van der Waals surface area contributed by atoms with Gasteiger partial charge in [0.15, 0.2) is 5.11 Å². The van der Waals surface area contributed by atoms with Crippen molar-refractivity contribution in [3.63, 3.8) is 0 Å². The van der Waals surface area contributed by atoms with Crippen LogP contribution in [0.2, 0.25) is 0 Å². The van der Waals surface area contributed by atoms with Crippen LogP contribution in [0, 0.1) is 0 Å². The topological polar surface area (TPSA) is 24.1 Å². The molecule has 0 spiro atoms. The Morgan fingerprint density at radius 1 is 1.21 bits per heavy atom. The lowest BCUT2D eigenvalue weighted by molar-refractivity contribution is 0.412. The van der Waals surface area contributed by atoms with E-state index in [4.69, 9.17) is 12.2 Å². The highest BCUT2D eigenvalue weighted by molar-refractivity contribution is 7.80. The predicted octanol–water partition coefficient (Wildman–Crippen LogP) is 3.59. The largest absolute Gasteiger partial charge is 0.362 e. The van der Waals surface area contributed by atoms with E-state index in [0.29, 0.717) is 12.0 Å². The van der Waals surface area contributed by atoms with Crippen molar-refractivity contribution in [2.45, 2.75) is 51.0 Å². The van der Waals surface area contributed by atoms with Gasteiger partial charge in [-0.2, -0.15) is 0 Å². The van der Waals surface area contributed by atoms with E-state index in [1.807, 2.05) is 0 Å². The van der Waals surface area contributed by atoms with Crippen molar-refractivity contribution in [1.82, 2.24) is 10.6 Å². The highest BCUT2D eigenvalue weighted by Gasteiger charge is 2.14. The zero-order valence-electron chi connectivity index (χ0n) is 11.7. The van der Waals surface area contributed by atoms with Crippen molar-refractivity contribution in [1.29, 1.82) is 0 Å². The fourth-order valence-electron chi connectivity index (χ4n) is 2.63. The standard InChI is InChI=1S/C16H24N2S/c1-13(14-8-4-2-5-9-14)12-17-16(19)18-15-10-6-3-7-11-15/h2,4-5,8-9,13,15H,3,6-7,10-12H2,1H3,(H2,17,18,19)/t13-/m0/s1. The highest BCUT2D eigenvalue weighted by atomic mass is 32.1. The van der Waals surface area contributed by atoms with Crippen molar-refractivity contribution in [2.24, 2.45) is 0 Å². The summed E-state index contributed by atoms with van der Waals surface area (Å²) >= 11 is 5.38. The van der Waals surface area contributed by atoms with Crippen LogP contribution in [0.3, 0.4) is 0 Å². The lowest BCUT2D eigenvalue weighted by atomic mass is 9.96. The molecule has 0 aliphatic heterocycles. The molecule has 0 aromatic heterocycles. The quantitative estimate of drug-likeness (QED) is 0.822. The zero-order valence-corrected chi connectivity index (χ0v) is 12.5. The summed E-state index contributed by atoms with van der Waals surface area (Å²) in [5.74, 6) is 0.479. The molecule has 2 nitrogen and oxygen atoms in total. The van der Waals surface area contributed by atoms with Gasteiger partial charge in [-0.1, -0.05) is 56.5 Å². The molecule has 0 amide bonds. The maximum Gasteiger partial charge on any atom is 0.166 e. The molecule has 104 valence electrons. The Morgan fingerprint density at radius 2 is 1.89 bits per heavy atom. The van der Waals surface area contributed by atoms with Gasteiger partial charge < -0.3 is 10.6 Å². The molecule has 0 heterocycles. The third-order valence-corrected chi connectivity index (χ3v) is 4.14. The summed E-state index contributed by atoms with van der Waals surface area (Å²) in [6, 6.07) is 11.2. The van der Waals surface area contributed by atoms with Gasteiger partial charge in [0.1, 0.15) is 0 Å². The van der Waals surface area contributed by atoms with E-state index in [1.54, 1.807) is 0 Å². The third-order valence-electron chi connectivity index (χ3n) is 3.88. The van der Waals surface area contributed by atoms with Gasteiger partial charge in [-0.3, -0.25) is 0 Å². The Balaban J connectivity index is 1.71. The van der Waals surface area contributed by atoms with Crippen LogP contribution < -0.4 is 10.6 Å². The van der Waals surface area contributed by atoms with Crippen molar-refractivity contribution in [2.75, 3.05) is 6.54 Å². The summed E-state index contributed by atoms with van der Waals surface area (Å²) in [5.41, 5.74) is 1.36. The average molecular weight is 276 g/mol. The van der Waals surface area contributed by atoms with Crippen LogP contribution in [0.15, 0.2) is 30.3 Å². The van der Waals surface area contributed by atoms with Crippen molar-refractivity contribution < 1.29 is 0 Å². The van der Waals surface area contributed by atoms with Gasteiger partial charge in [-0.15, -0.1) is 0 Å². The molecule has 1 fully saturated rings. The van der Waals surface area contributed by atoms with Crippen molar-refractivity contribution >= 4 is 17.3 Å². The van der Waals surface area contributed by atoms with Gasteiger partial charge in [-0.05, 0) is 36.5 Å². The number of thiocarbonyl (C=S) groups is 1. The minimum absolute atomic E-state index is 0.479. The predicted molar refractivity (Wildman–Crippen MR) is 85.5 cm³/mol. The van der Waals surface area contributed by atoms with Gasteiger partial charge in [0.2, 0.25) is 0 Å². The molecule has 1 aliphatic carbocycles. The van der Waals surface area contributed by atoms with E-state index in [1.165, 1.54) is 37.7 Å². The first-order valence-electron chi connectivity index (χ1n) is 7.35. The number of hydrogen-bond acceptors (Lipinski definition) is 1. The zero-order chi connectivity index (χ0) is 13.5. The second kappa shape index (κ2) is 7.49. The highest BCUT2D eigenvalue weighted by Crippen LogP contribution is 2.17. The smallest absolute Gasteiger partial charge is 0.166 e. The van der Waals surface area contributed by atoms with E-state index in [0.717, 1.165) is 11.7 Å². The van der Waals surface area contributed by atoms with Crippen LogP contribution in [-0.2, 0) is 0 Å². The van der Waals surface area contributed by atoms with E-state index in [-0.39, 0.29) is 0 Å². The van der Waals surface area contributed by atoms with E-state index >= 15 is 0 Å². The molecule has 2 N–H and O–H groups in total. The fraction of sp³-hybridized carbons (Fsp3) is 0.562. The van der Waals surface area contributed by atoms with E-state index < -0.39 is 0 Å². The maximum atomic E-state index is 5.38. The molecule has 3 heteroatoms. The summed E-state index contributed by atoms with van der Waals surface area (Å²) in [6.45, 7) is 3.12. The summed E-state index contributed by atoms with van der Waals surface area (Å²) in [4.78, 5) is 0. The number of nitrogens with one attached hydrogen (secondary N) is 2. The molecule has 1 aromatic carbocycles. The molecule has 1 saturated carbocycles. The normalized spacial score (nSPS) is 17.7. The molecular weight excluding hydrogens is 252 g/mol. The number of rotatable bonds is 4. The van der Waals surface area contributed by atoms with E-state index in [9.17, 15) is 0 Å². The van der Waals surface area contributed by atoms with Gasteiger partial charge in [0, 0.05) is 12.6 Å². The van der Waals surface area contributed by atoms with Gasteiger partial charge in [0.25, 0.3) is 0 Å². The Kier molecular flexibility index (Phi) is 5.64. The first-order valence-corrected chi connectivity index (χ1v) is 7.76. The van der Waals surface area contributed by atoms with E-state index in [2.05, 4.69) is 47.9 Å². The van der Waals surface area contributed by atoms with Gasteiger partial charge in [-0.25, -0.2) is 0 Å². The minimum atomic E-state index is 0.479. The first kappa shape index (κ1) is 14.3. The van der Waals surface area contributed by atoms with Crippen LogP contribution in [0.4, 0.5) is 0 Å². The number of benzene rings is 1. The molecule has 0 bridgehead atoms. The third kappa shape index (κ3) is 4.83. The molecule has 0 unspecified atom stereocenters. The summed E-state index contributed by atoms with van der Waals surface area (Å²) in [5, 5.41) is 7.61. The van der Waals surface area contributed by atoms with Crippen LogP contribution in [0.25, 0.3) is 0 Å². The van der Waals surface area contributed by atoms with Crippen molar-refractivity contribution in [3.8, 4) is 0 Å². The minimum Gasteiger partial charge on any atom is -0.362 e. The molecular formula is C16H24N2S. The second-order valence-electron chi connectivity index (χ2n) is 5.50. The molecule has 19 heavy (non-hydrogen) atoms. The molecule has 1 aliphatic rings. The molecule has 2 rings (SSSR count). The van der Waals surface area contributed by atoms with Crippen LogP contribution in [0.1, 0.15) is 50.5 Å². The second-order valence-corrected chi connectivity index (χ2v) is 5.91. The molecule has 1 atom stereocenters. The number of hydrogen-bond donors (Lipinski definition) is 2. The lowest BCUT2D eigenvalue weighted by Gasteiger charge is -2.25. The summed E-state index contributed by atoms with van der Waals surface area (Å²) < 4.78 is 0. The lowest BCUT2D eigenvalue weighted by Crippen LogP contribution is -2.43. The average Bonchev–Trinajstić information content (AvgIpc) is 2.47. The van der Waals surface area contributed by atoms with Crippen LogP contribution >= 0.6 is 12.2 Å². The molecule has 1 aromatic rings. The van der Waals surface area contributed by atoms with Crippen LogP contribution in [0.5, 0.6) is 0 Å². The Morgan fingerprint density at radius 3 is 2.58 bits per heavy atom. The first-order chi connectivity index (χ1) is 9.25. The summed E-state index contributed by atoms with van der Waals surface area (Å²) in [7, 11) is 0. The Hall–Kier alpha value is -1.09. The Bertz CT molecular complexity index is 385. The SMILES string of the molecule is C[C@@H](CNC(=S)NC1CCCCC1)c1ccccc1. The van der Waals surface area contributed by atoms with Gasteiger partial charge >= 0.3 is 0 Å². The summed E-state index contributed by atoms with van der Waals surface area (Å²) in [6.07, 6.45) is 6.57. The molecule has 0 radical (unpaired) electrons. The maximum absolute atomic E-state index is 5.38. The van der Waals surface area contributed by atoms with Crippen LogP contribution in [-0.4, -0.2) is 17.7 Å². The fourth-order valence-corrected chi connectivity index (χ4v) is 2.88. The van der Waals surface area contributed by atoms with Gasteiger partial charge in [0.05, 0.1) is 0 Å². The van der Waals surface area contributed by atoms with Crippen molar-refractivity contribution in [3.05, 3.63) is 35.9 Å². The Labute approximate surface area is 122 Å².